The summed E-state index contributed by atoms with van der Waals surface area (Å²) in [6, 6.07) is 14.8. The van der Waals surface area contributed by atoms with E-state index in [2.05, 4.69) is 9.97 Å². The van der Waals surface area contributed by atoms with Gasteiger partial charge in [0, 0.05) is 19.8 Å². The third kappa shape index (κ3) is 4.06. The summed E-state index contributed by atoms with van der Waals surface area (Å²) in [5, 5.41) is 0. The second kappa shape index (κ2) is 7.86. The third-order valence-electron chi connectivity index (χ3n) is 4.07. The third-order valence-corrected chi connectivity index (χ3v) is 4.07. The Morgan fingerprint density at radius 2 is 1.85 bits per heavy atom. The van der Waals surface area contributed by atoms with E-state index >= 15 is 0 Å². The van der Waals surface area contributed by atoms with Crippen molar-refractivity contribution in [2.45, 2.75) is 6.92 Å². The summed E-state index contributed by atoms with van der Waals surface area (Å²) in [6.45, 7) is 1.93. The Labute approximate surface area is 157 Å². The number of H-pyrrole nitrogens is 1. The quantitative estimate of drug-likeness (QED) is 0.557. The average molecular weight is 363 g/mol. The number of carbonyl (C=O) groups excluding carboxylic acids is 1. The molecule has 0 spiro atoms. The number of esters is 1. The summed E-state index contributed by atoms with van der Waals surface area (Å²) in [7, 11) is 3.90. The maximum atomic E-state index is 12.5. The van der Waals surface area contributed by atoms with Crippen LogP contribution in [0.3, 0.4) is 0 Å². The number of anilines is 1. The van der Waals surface area contributed by atoms with Gasteiger partial charge in [-0.3, -0.25) is 4.79 Å². The molecule has 0 radical (unpaired) electrons. The van der Waals surface area contributed by atoms with Gasteiger partial charge in [-0.1, -0.05) is 24.3 Å². The van der Waals surface area contributed by atoms with E-state index in [1.807, 2.05) is 55.4 Å². The van der Waals surface area contributed by atoms with E-state index in [4.69, 9.17) is 4.74 Å². The Morgan fingerprint density at radius 1 is 1.15 bits per heavy atom. The van der Waals surface area contributed by atoms with Crippen molar-refractivity contribution < 1.29 is 9.53 Å². The van der Waals surface area contributed by atoms with Crippen molar-refractivity contribution >= 4 is 34.3 Å². The molecule has 3 rings (SSSR count). The van der Waals surface area contributed by atoms with E-state index in [-0.39, 0.29) is 17.9 Å². The van der Waals surface area contributed by atoms with Crippen LogP contribution in [0.4, 0.5) is 5.69 Å². The smallest absolute Gasteiger partial charge is 0.340 e. The molecular weight excluding hydrogens is 342 g/mol. The Morgan fingerprint density at radius 3 is 2.52 bits per heavy atom. The van der Waals surface area contributed by atoms with Gasteiger partial charge in [-0.25, -0.2) is 9.78 Å². The molecule has 1 aromatic heterocycles. The Balaban J connectivity index is 2.12. The zero-order chi connectivity index (χ0) is 19.4. The van der Waals surface area contributed by atoms with Gasteiger partial charge >= 0.3 is 5.97 Å². The molecule has 0 aliphatic rings. The van der Waals surface area contributed by atoms with Crippen LogP contribution in [0.2, 0.25) is 0 Å². The minimum Gasteiger partial charge on any atom is -0.462 e. The van der Waals surface area contributed by atoms with Crippen LogP contribution in [0, 0.1) is 0 Å². The van der Waals surface area contributed by atoms with Gasteiger partial charge in [0.25, 0.3) is 5.56 Å². The molecule has 138 valence electrons. The number of fused-ring (bicyclic) bond motifs is 1. The second-order valence-electron chi connectivity index (χ2n) is 6.20. The lowest BCUT2D eigenvalue weighted by Gasteiger charge is -2.12. The summed E-state index contributed by atoms with van der Waals surface area (Å²) in [4.78, 5) is 34.2. The van der Waals surface area contributed by atoms with Gasteiger partial charge in [0.15, 0.2) is 0 Å². The lowest BCUT2D eigenvalue weighted by atomic mass is 10.1. The molecule has 0 amide bonds. The number of para-hydroxylation sites is 2. The van der Waals surface area contributed by atoms with Crippen LogP contribution in [0.25, 0.3) is 22.7 Å². The highest BCUT2D eigenvalue weighted by Crippen LogP contribution is 2.20. The van der Waals surface area contributed by atoms with Crippen LogP contribution in [0.5, 0.6) is 0 Å². The minimum atomic E-state index is -0.581. The molecular formula is C21H21N3O3. The predicted molar refractivity (Wildman–Crippen MR) is 108 cm³/mol. The van der Waals surface area contributed by atoms with Gasteiger partial charge in [-0.2, -0.15) is 0 Å². The molecule has 3 aromatic rings. The van der Waals surface area contributed by atoms with Gasteiger partial charge in [-0.05, 0) is 42.8 Å². The van der Waals surface area contributed by atoms with Crippen LogP contribution in [-0.4, -0.2) is 36.6 Å². The molecule has 1 N–H and O–H groups in total. The predicted octanol–water partition coefficient (Wildman–Crippen LogP) is 3.09. The standard InChI is InChI=1S/C21H21N3O3/c1-4-27-21(26)16(13-14-9-11-15(12-10-14)24(2)3)19-20(25)23-18-8-6-5-7-17(18)22-19/h5-13H,4H2,1-3H3,(H,23,25)/b16-13-. The number of rotatable bonds is 5. The van der Waals surface area contributed by atoms with Gasteiger partial charge in [0.1, 0.15) is 5.69 Å². The number of ether oxygens (including phenoxy) is 1. The highest BCUT2D eigenvalue weighted by Gasteiger charge is 2.19. The SMILES string of the molecule is CCOC(=O)/C(=C\c1ccc(N(C)C)cc1)c1nc2ccccc2[nH]c1=O. The largest absolute Gasteiger partial charge is 0.462 e. The maximum Gasteiger partial charge on any atom is 0.340 e. The summed E-state index contributed by atoms with van der Waals surface area (Å²) < 4.78 is 5.15. The molecule has 0 fully saturated rings. The number of hydrogen-bond donors (Lipinski definition) is 1. The van der Waals surface area contributed by atoms with E-state index in [1.165, 1.54) is 0 Å². The Hall–Kier alpha value is -3.41. The van der Waals surface area contributed by atoms with E-state index < -0.39 is 11.5 Å². The summed E-state index contributed by atoms with van der Waals surface area (Å²) in [5.41, 5.74) is 2.77. The van der Waals surface area contributed by atoms with Crippen molar-refractivity contribution in [2.75, 3.05) is 25.6 Å². The molecule has 0 unspecified atom stereocenters. The van der Waals surface area contributed by atoms with Gasteiger partial charge in [0.05, 0.1) is 23.2 Å². The van der Waals surface area contributed by atoms with Crippen molar-refractivity contribution in [3.8, 4) is 0 Å². The van der Waals surface area contributed by atoms with Crippen LogP contribution in [0.15, 0.2) is 53.3 Å². The minimum absolute atomic E-state index is 0.0452. The number of benzene rings is 2. The topological polar surface area (TPSA) is 75.3 Å². The molecule has 0 atom stereocenters. The number of nitrogens with one attached hydrogen (secondary N) is 1. The fraction of sp³-hybridized carbons (Fsp3) is 0.190. The fourth-order valence-electron chi connectivity index (χ4n) is 2.68. The normalized spacial score (nSPS) is 11.4. The van der Waals surface area contributed by atoms with E-state index in [1.54, 1.807) is 25.1 Å². The first kappa shape index (κ1) is 18.4. The molecule has 2 aromatic carbocycles. The molecule has 0 bridgehead atoms. The summed E-state index contributed by atoms with van der Waals surface area (Å²) >= 11 is 0. The van der Waals surface area contributed by atoms with Gasteiger partial charge in [0.2, 0.25) is 0 Å². The lowest BCUT2D eigenvalue weighted by molar-refractivity contribution is -0.136. The average Bonchev–Trinajstić information content (AvgIpc) is 2.66. The van der Waals surface area contributed by atoms with Crippen molar-refractivity contribution in [1.29, 1.82) is 0 Å². The maximum absolute atomic E-state index is 12.5. The van der Waals surface area contributed by atoms with Crippen molar-refractivity contribution in [3.05, 3.63) is 70.1 Å². The molecule has 6 nitrogen and oxygen atoms in total. The number of carbonyl (C=O) groups is 1. The first-order valence-electron chi connectivity index (χ1n) is 8.65. The Bertz CT molecular complexity index is 1050. The molecule has 1 heterocycles. The fourth-order valence-corrected chi connectivity index (χ4v) is 2.68. The van der Waals surface area contributed by atoms with E-state index in [0.717, 1.165) is 11.3 Å². The molecule has 0 aliphatic heterocycles. The van der Waals surface area contributed by atoms with Crippen molar-refractivity contribution in [3.63, 3.8) is 0 Å². The molecule has 6 heteroatoms. The number of aromatic amines is 1. The lowest BCUT2D eigenvalue weighted by Crippen LogP contribution is -2.19. The van der Waals surface area contributed by atoms with Gasteiger partial charge in [-0.15, -0.1) is 0 Å². The van der Waals surface area contributed by atoms with Crippen LogP contribution in [-0.2, 0) is 9.53 Å². The highest BCUT2D eigenvalue weighted by atomic mass is 16.5. The molecule has 0 saturated heterocycles. The number of nitrogens with zero attached hydrogens (tertiary/aromatic N) is 2. The first-order valence-corrected chi connectivity index (χ1v) is 8.65. The zero-order valence-electron chi connectivity index (χ0n) is 15.5. The molecule has 0 aliphatic carbocycles. The molecule has 27 heavy (non-hydrogen) atoms. The zero-order valence-corrected chi connectivity index (χ0v) is 15.5. The van der Waals surface area contributed by atoms with Gasteiger partial charge < -0.3 is 14.6 Å². The highest BCUT2D eigenvalue weighted by molar-refractivity contribution is 6.21. The van der Waals surface area contributed by atoms with Crippen LogP contribution < -0.4 is 10.5 Å². The Kier molecular flexibility index (Phi) is 5.35. The van der Waals surface area contributed by atoms with E-state index in [9.17, 15) is 9.59 Å². The van der Waals surface area contributed by atoms with Crippen LogP contribution >= 0.6 is 0 Å². The van der Waals surface area contributed by atoms with E-state index in [0.29, 0.717) is 11.0 Å². The number of hydrogen-bond acceptors (Lipinski definition) is 5. The number of aromatic nitrogens is 2. The van der Waals surface area contributed by atoms with Crippen LogP contribution in [0.1, 0.15) is 18.2 Å². The van der Waals surface area contributed by atoms with Crippen molar-refractivity contribution in [1.82, 2.24) is 9.97 Å². The van der Waals surface area contributed by atoms with Crippen molar-refractivity contribution in [2.24, 2.45) is 0 Å². The second-order valence-corrected chi connectivity index (χ2v) is 6.20. The summed E-state index contributed by atoms with van der Waals surface area (Å²) in [5.74, 6) is -0.581. The first-order chi connectivity index (χ1) is 13.0. The molecule has 0 saturated carbocycles. The monoisotopic (exact) mass is 363 g/mol. The summed E-state index contributed by atoms with van der Waals surface area (Å²) in [6.07, 6.45) is 1.63.